The van der Waals surface area contributed by atoms with Crippen molar-refractivity contribution in [2.45, 2.75) is 65.6 Å². The highest BCUT2D eigenvalue weighted by atomic mass is 28.3. The molecule has 21 heavy (non-hydrogen) atoms. The molecule has 0 aromatic carbocycles. The number of hydrogen-bond acceptors (Lipinski definition) is 0. The van der Waals surface area contributed by atoms with E-state index in [1.807, 2.05) is 0 Å². The summed E-state index contributed by atoms with van der Waals surface area (Å²) in [6.45, 7) is 19.3. The molecule has 0 atom stereocenters. The van der Waals surface area contributed by atoms with E-state index in [1.54, 1.807) is 5.57 Å². The van der Waals surface area contributed by atoms with Gasteiger partial charge in [-0.25, -0.2) is 0 Å². The van der Waals surface area contributed by atoms with Crippen LogP contribution in [-0.4, -0.2) is 16.1 Å². The van der Waals surface area contributed by atoms with Gasteiger partial charge in [0.05, 0.1) is 8.07 Å². The molecule has 1 rings (SSSR count). The fourth-order valence-corrected chi connectivity index (χ4v) is 3.90. The van der Waals surface area contributed by atoms with E-state index in [9.17, 15) is 0 Å². The molecular weight excluding hydrogens is 284 g/mol. The lowest BCUT2D eigenvalue weighted by molar-refractivity contribution is 0.542. The predicted molar refractivity (Wildman–Crippen MR) is 104 cm³/mol. The molecule has 0 bridgehead atoms. The molecule has 0 fully saturated rings. The summed E-state index contributed by atoms with van der Waals surface area (Å²) in [4.78, 5) is 0. The molecule has 0 aromatic rings. The van der Waals surface area contributed by atoms with Gasteiger partial charge in [-0.1, -0.05) is 94.8 Å². The van der Waals surface area contributed by atoms with Crippen LogP contribution in [-0.2, 0) is 0 Å². The van der Waals surface area contributed by atoms with Crippen LogP contribution >= 0.6 is 0 Å². The molecule has 0 aliphatic heterocycles. The Bertz CT molecular complexity index is 475. The molecule has 0 nitrogen and oxygen atoms in total. The lowest BCUT2D eigenvalue weighted by Crippen LogP contribution is -2.22. The van der Waals surface area contributed by atoms with Crippen molar-refractivity contribution in [1.82, 2.24) is 0 Å². The molecule has 0 unspecified atom stereocenters. The van der Waals surface area contributed by atoms with Crippen molar-refractivity contribution in [3.05, 3.63) is 47.2 Å². The van der Waals surface area contributed by atoms with Crippen molar-refractivity contribution >= 4 is 16.1 Å². The monoisotopic (exact) mass is 318 g/mol. The van der Waals surface area contributed by atoms with Crippen LogP contribution in [0.15, 0.2) is 47.2 Å². The summed E-state index contributed by atoms with van der Waals surface area (Å²) in [6, 6.07) is 1.27. The summed E-state index contributed by atoms with van der Waals surface area (Å²) in [6.07, 6.45) is 12.9. The molecule has 0 N–H and O–H groups in total. The molecule has 0 saturated heterocycles. The van der Waals surface area contributed by atoms with Gasteiger partial charge in [-0.15, -0.1) is 0 Å². The highest BCUT2D eigenvalue weighted by Crippen LogP contribution is 2.40. The van der Waals surface area contributed by atoms with E-state index >= 15 is 0 Å². The molecule has 0 amide bonds. The first-order valence-electron chi connectivity index (χ1n) is 8.18. The first-order chi connectivity index (χ1) is 9.42. The maximum Gasteiger partial charge on any atom is 0.0687 e. The summed E-state index contributed by atoms with van der Waals surface area (Å²) in [7, 11) is -2.21. The van der Waals surface area contributed by atoms with Crippen LogP contribution in [0, 0.1) is 5.41 Å². The second-order valence-corrected chi connectivity index (χ2v) is 19.7. The maximum absolute atomic E-state index is 2.53. The van der Waals surface area contributed by atoms with E-state index in [2.05, 4.69) is 89.2 Å². The summed E-state index contributed by atoms with van der Waals surface area (Å²) in [5.74, 6) is 0. The second kappa shape index (κ2) is 6.66. The van der Waals surface area contributed by atoms with Gasteiger partial charge in [-0.05, 0) is 18.0 Å². The zero-order valence-corrected chi connectivity index (χ0v) is 17.4. The van der Waals surface area contributed by atoms with Crippen molar-refractivity contribution in [3.8, 4) is 0 Å². The molecule has 0 saturated carbocycles. The van der Waals surface area contributed by atoms with Gasteiger partial charge in [0.1, 0.15) is 0 Å². The van der Waals surface area contributed by atoms with Crippen molar-refractivity contribution in [2.75, 3.05) is 0 Å². The van der Waals surface area contributed by atoms with Crippen LogP contribution in [0.25, 0.3) is 0 Å². The average Bonchev–Trinajstić information content (AvgIpc) is 2.79. The Hall–Kier alpha value is -0.606. The van der Waals surface area contributed by atoms with Crippen LogP contribution < -0.4 is 0 Å². The third-order valence-corrected chi connectivity index (χ3v) is 6.59. The quantitative estimate of drug-likeness (QED) is 0.382. The molecule has 2 heteroatoms. The van der Waals surface area contributed by atoms with Crippen molar-refractivity contribution < 1.29 is 0 Å². The van der Waals surface area contributed by atoms with Gasteiger partial charge in [0.15, 0.2) is 0 Å². The Morgan fingerprint density at radius 3 is 2.19 bits per heavy atom. The molecule has 0 spiro atoms. The zero-order valence-electron chi connectivity index (χ0n) is 15.4. The van der Waals surface area contributed by atoms with Crippen LogP contribution in [0.5, 0.6) is 0 Å². The van der Waals surface area contributed by atoms with E-state index < -0.39 is 16.1 Å². The zero-order chi connectivity index (χ0) is 16.3. The van der Waals surface area contributed by atoms with Crippen molar-refractivity contribution in [3.63, 3.8) is 0 Å². The van der Waals surface area contributed by atoms with Gasteiger partial charge in [-0.3, -0.25) is 0 Å². The topological polar surface area (TPSA) is 0 Å². The van der Waals surface area contributed by atoms with E-state index in [-0.39, 0.29) is 5.41 Å². The normalized spacial score (nSPS) is 17.7. The van der Waals surface area contributed by atoms with Gasteiger partial charge >= 0.3 is 0 Å². The lowest BCUT2D eigenvalue weighted by atomic mass is 9.76. The van der Waals surface area contributed by atoms with Crippen molar-refractivity contribution in [1.29, 1.82) is 0 Å². The minimum absolute atomic E-state index is 0.152. The van der Waals surface area contributed by atoms with Gasteiger partial charge in [0, 0.05) is 13.5 Å². The van der Waals surface area contributed by atoms with E-state index in [0.29, 0.717) is 0 Å². The number of allylic oxidation sites excluding steroid dienone is 7. The fourth-order valence-electron chi connectivity index (χ4n) is 2.38. The van der Waals surface area contributed by atoms with E-state index in [0.717, 1.165) is 6.42 Å². The van der Waals surface area contributed by atoms with Gasteiger partial charge in [0.25, 0.3) is 0 Å². The van der Waals surface area contributed by atoms with Gasteiger partial charge in [-0.2, -0.15) is 0 Å². The predicted octanol–water partition coefficient (Wildman–Crippen LogP) is 6.60. The largest absolute Gasteiger partial charge is 0.0947 e. The van der Waals surface area contributed by atoms with Gasteiger partial charge < -0.3 is 0 Å². The van der Waals surface area contributed by atoms with E-state index in [1.165, 1.54) is 11.6 Å². The Balaban J connectivity index is 3.09. The Labute approximate surface area is 134 Å². The third-order valence-electron chi connectivity index (χ3n) is 3.99. The second-order valence-electron chi connectivity index (χ2n) is 9.07. The molecule has 0 heterocycles. The Kier molecular flexibility index (Phi) is 5.85. The summed E-state index contributed by atoms with van der Waals surface area (Å²) >= 11 is 0. The molecule has 0 radical (unpaired) electrons. The Morgan fingerprint density at radius 1 is 1.14 bits per heavy atom. The highest BCUT2D eigenvalue weighted by Gasteiger charge is 2.27. The van der Waals surface area contributed by atoms with Crippen LogP contribution in [0.1, 0.15) is 20.3 Å². The van der Waals surface area contributed by atoms with Crippen LogP contribution in [0.3, 0.4) is 0 Å². The minimum Gasteiger partial charge on any atom is -0.0947 e. The standard InChI is InChI=1S/C19H34Si2/c1-19(2,17-11-9-10-12-17)18(13-15-20(3,4)5)14-16-21(6,7)8/h9-11,13-15H,12,16H2,1-8H3. The smallest absolute Gasteiger partial charge is 0.0687 e. The summed E-state index contributed by atoms with van der Waals surface area (Å²) in [5, 5.41) is 0. The van der Waals surface area contributed by atoms with Crippen LogP contribution in [0.4, 0.5) is 0 Å². The molecule has 1 aliphatic rings. The van der Waals surface area contributed by atoms with Crippen molar-refractivity contribution in [2.24, 2.45) is 5.41 Å². The van der Waals surface area contributed by atoms with Crippen LogP contribution in [0.2, 0.25) is 45.3 Å². The first-order valence-corrected chi connectivity index (χ1v) is 15.5. The highest BCUT2D eigenvalue weighted by molar-refractivity contribution is 6.81. The first kappa shape index (κ1) is 18.4. The fraction of sp³-hybridized carbons (Fsp3) is 0.579. The number of rotatable bonds is 6. The lowest BCUT2D eigenvalue weighted by Gasteiger charge is -2.30. The number of hydrogen-bond donors (Lipinski definition) is 0. The summed E-state index contributed by atoms with van der Waals surface area (Å²) in [5.41, 5.74) is 5.71. The molecule has 0 aromatic heterocycles. The maximum atomic E-state index is 2.53. The third kappa shape index (κ3) is 6.35. The minimum atomic E-state index is -1.16. The Morgan fingerprint density at radius 2 is 1.76 bits per heavy atom. The summed E-state index contributed by atoms with van der Waals surface area (Å²) < 4.78 is 0. The molecular formula is C19H34Si2. The van der Waals surface area contributed by atoms with Gasteiger partial charge in [0.2, 0.25) is 0 Å². The molecule has 1 aliphatic carbocycles. The van der Waals surface area contributed by atoms with E-state index in [4.69, 9.17) is 0 Å². The molecule has 118 valence electrons. The SMILES string of the molecule is CC(C)(C(C=C[Si](C)(C)C)=CC[Si](C)(C)C)C1=CC=CC1. The average molecular weight is 319 g/mol.